The number of amides is 1. The highest BCUT2D eigenvalue weighted by Crippen LogP contribution is 2.37. The smallest absolute Gasteiger partial charge is 0.389 e. The van der Waals surface area contributed by atoms with Crippen LogP contribution >= 0.6 is 0 Å². The number of nitriles is 1. The van der Waals surface area contributed by atoms with Crippen molar-refractivity contribution in [3.8, 4) is 6.07 Å². The number of rotatable bonds is 4. The molecule has 34 heavy (non-hydrogen) atoms. The summed E-state index contributed by atoms with van der Waals surface area (Å²) in [6, 6.07) is 7.95. The van der Waals surface area contributed by atoms with Crippen molar-refractivity contribution in [1.29, 1.82) is 5.26 Å². The van der Waals surface area contributed by atoms with Crippen molar-refractivity contribution in [3.05, 3.63) is 36.0 Å². The Hall–Kier alpha value is -2.90. The van der Waals surface area contributed by atoms with E-state index in [9.17, 15) is 28.3 Å². The van der Waals surface area contributed by atoms with Crippen LogP contribution in [0.25, 0.3) is 10.9 Å². The summed E-state index contributed by atoms with van der Waals surface area (Å²) in [5.74, 6) is -2.06. The molecule has 3 heterocycles. The molecule has 7 nitrogen and oxygen atoms in total. The number of aromatic nitrogens is 1. The lowest BCUT2D eigenvalue weighted by atomic mass is 9.87. The van der Waals surface area contributed by atoms with Gasteiger partial charge < -0.3 is 20.2 Å². The van der Waals surface area contributed by atoms with Crippen molar-refractivity contribution in [1.82, 2.24) is 15.2 Å². The first-order chi connectivity index (χ1) is 16.1. The number of anilines is 1. The summed E-state index contributed by atoms with van der Waals surface area (Å²) in [4.78, 5) is 20.7. The molecule has 182 valence electrons. The fourth-order valence-electron chi connectivity index (χ4n) is 4.95. The van der Waals surface area contributed by atoms with Gasteiger partial charge in [0, 0.05) is 49.5 Å². The van der Waals surface area contributed by atoms with Gasteiger partial charge in [-0.15, -0.1) is 0 Å². The van der Waals surface area contributed by atoms with E-state index in [0.717, 1.165) is 0 Å². The molecule has 1 aromatic carbocycles. The average molecular weight is 476 g/mol. The van der Waals surface area contributed by atoms with Gasteiger partial charge in [0.25, 0.3) is 0 Å². The molecule has 0 bridgehead atoms. The zero-order valence-corrected chi connectivity index (χ0v) is 19.0. The molecule has 2 fully saturated rings. The van der Waals surface area contributed by atoms with Gasteiger partial charge >= 0.3 is 6.18 Å². The van der Waals surface area contributed by atoms with Crippen LogP contribution < -0.4 is 10.2 Å². The SMILES string of the molecule is CN1CCC(O)(CC(=O)N[C@@H]2C[C@H](C(F)(F)F)CN(c3ccc(C#N)c4ncccc34)C2)CC1. The number of hydrogen-bond acceptors (Lipinski definition) is 6. The molecule has 2 atom stereocenters. The first kappa shape index (κ1) is 24.2. The summed E-state index contributed by atoms with van der Waals surface area (Å²) in [6.45, 7) is 1.27. The Labute approximate surface area is 196 Å². The molecule has 1 aromatic heterocycles. The van der Waals surface area contributed by atoms with E-state index < -0.39 is 29.6 Å². The van der Waals surface area contributed by atoms with E-state index in [-0.39, 0.29) is 25.9 Å². The van der Waals surface area contributed by atoms with Crippen LogP contribution in [0.1, 0.15) is 31.2 Å². The fourth-order valence-corrected chi connectivity index (χ4v) is 4.95. The minimum absolute atomic E-state index is 0.127. The number of likely N-dealkylation sites (tertiary alicyclic amines) is 1. The van der Waals surface area contributed by atoms with Crippen molar-refractivity contribution >= 4 is 22.5 Å². The maximum Gasteiger partial charge on any atom is 0.393 e. The lowest BCUT2D eigenvalue weighted by Crippen LogP contribution is -2.55. The van der Waals surface area contributed by atoms with E-state index in [1.165, 1.54) is 0 Å². The van der Waals surface area contributed by atoms with E-state index in [0.29, 0.717) is 48.1 Å². The number of alkyl halides is 3. The topological polar surface area (TPSA) is 92.5 Å². The van der Waals surface area contributed by atoms with E-state index >= 15 is 0 Å². The second-order valence-electron chi connectivity index (χ2n) is 9.49. The van der Waals surface area contributed by atoms with Crippen LogP contribution in [-0.2, 0) is 4.79 Å². The lowest BCUT2D eigenvalue weighted by Gasteiger charge is -2.41. The predicted octanol–water partition coefficient (Wildman–Crippen LogP) is 2.83. The Morgan fingerprint density at radius 3 is 2.71 bits per heavy atom. The van der Waals surface area contributed by atoms with E-state index in [1.807, 2.05) is 7.05 Å². The molecule has 0 aliphatic carbocycles. The number of carbonyl (C=O) groups excluding carboxylic acids is 1. The molecule has 1 amide bonds. The summed E-state index contributed by atoms with van der Waals surface area (Å²) in [5.41, 5.74) is 0.189. The Morgan fingerprint density at radius 2 is 2.03 bits per heavy atom. The van der Waals surface area contributed by atoms with E-state index in [2.05, 4.69) is 21.3 Å². The van der Waals surface area contributed by atoms with Crippen LogP contribution in [0.3, 0.4) is 0 Å². The van der Waals surface area contributed by atoms with E-state index in [1.54, 1.807) is 35.4 Å². The average Bonchev–Trinajstić information content (AvgIpc) is 2.79. The van der Waals surface area contributed by atoms with Crippen molar-refractivity contribution in [2.45, 2.75) is 43.5 Å². The number of pyridine rings is 1. The third-order valence-electron chi connectivity index (χ3n) is 6.89. The van der Waals surface area contributed by atoms with Gasteiger partial charge in [-0.25, -0.2) is 0 Å². The maximum absolute atomic E-state index is 13.8. The van der Waals surface area contributed by atoms with Crippen LogP contribution in [0.2, 0.25) is 0 Å². The van der Waals surface area contributed by atoms with E-state index in [4.69, 9.17) is 0 Å². The summed E-state index contributed by atoms with van der Waals surface area (Å²) >= 11 is 0. The Balaban J connectivity index is 1.55. The van der Waals surface area contributed by atoms with Gasteiger partial charge in [0.2, 0.25) is 5.91 Å². The molecule has 0 unspecified atom stereocenters. The molecular weight excluding hydrogens is 447 g/mol. The number of hydrogen-bond donors (Lipinski definition) is 2. The number of carbonyl (C=O) groups is 1. The number of aliphatic hydroxyl groups is 1. The van der Waals surface area contributed by atoms with Gasteiger partial charge in [-0.2, -0.15) is 18.4 Å². The zero-order valence-electron chi connectivity index (χ0n) is 19.0. The molecule has 0 saturated carbocycles. The maximum atomic E-state index is 13.8. The minimum atomic E-state index is -4.42. The molecule has 2 aliphatic rings. The molecule has 0 radical (unpaired) electrons. The fraction of sp³-hybridized carbons (Fsp3) is 0.542. The van der Waals surface area contributed by atoms with Crippen molar-refractivity contribution in [3.63, 3.8) is 0 Å². The van der Waals surface area contributed by atoms with Crippen LogP contribution in [0.15, 0.2) is 30.5 Å². The highest BCUT2D eigenvalue weighted by molar-refractivity contribution is 5.95. The molecular formula is C24H28F3N5O2. The standard InChI is InChI=1S/C24H28F3N5O2/c1-31-9-6-23(34,7-10-31)12-21(33)30-18-11-17(24(25,26)27)14-32(15-18)20-5-4-16(13-28)22-19(20)3-2-8-29-22/h2-5,8,17-18,34H,6-7,9-12,14-15H2,1H3,(H,30,33)/t17-,18+/m0/s1. The second kappa shape index (κ2) is 9.39. The van der Waals surface area contributed by atoms with Crippen LogP contribution in [0.5, 0.6) is 0 Å². The Kier molecular flexibility index (Phi) is 6.69. The Bertz CT molecular complexity index is 1090. The first-order valence-electron chi connectivity index (χ1n) is 11.4. The van der Waals surface area contributed by atoms with Gasteiger partial charge in [0.05, 0.1) is 29.0 Å². The van der Waals surface area contributed by atoms with Gasteiger partial charge in [0.15, 0.2) is 0 Å². The summed E-state index contributed by atoms with van der Waals surface area (Å²) in [7, 11) is 1.94. The van der Waals surface area contributed by atoms with Gasteiger partial charge in [0.1, 0.15) is 6.07 Å². The number of halogens is 3. The number of nitrogens with zero attached hydrogens (tertiary/aromatic N) is 4. The second-order valence-corrected chi connectivity index (χ2v) is 9.49. The summed E-state index contributed by atoms with van der Waals surface area (Å²) in [6.07, 6.45) is -2.34. The number of piperidine rings is 2. The molecule has 2 N–H and O–H groups in total. The van der Waals surface area contributed by atoms with Crippen molar-refractivity contribution in [2.24, 2.45) is 5.92 Å². The predicted molar refractivity (Wildman–Crippen MR) is 121 cm³/mol. The Morgan fingerprint density at radius 1 is 1.29 bits per heavy atom. The summed E-state index contributed by atoms with van der Waals surface area (Å²) in [5, 5.41) is 23.5. The molecule has 2 aliphatic heterocycles. The highest BCUT2D eigenvalue weighted by atomic mass is 19.4. The van der Waals surface area contributed by atoms with Gasteiger partial charge in [-0.1, -0.05) is 0 Å². The lowest BCUT2D eigenvalue weighted by molar-refractivity contribution is -0.178. The monoisotopic (exact) mass is 475 g/mol. The third-order valence-corrected chi connectivity index (χ3v) is 6.89. The quantitative estimate of drug-likeness (QED) is 0.707. The van der Waals surface area contributed by atoms with Crippen molar-refractivity contribution in [2.75, 3.05) is 38.1 Å². The highest BCUT2D eigenvalue weighted by Gasteiger charge is 2.45. The molecule has 10 heteroatoms. The minimum Gasteiger partial charge on any atom is -0.389 e. The molecule has 2 aromatic rings. The number of fused-ring (bicyclic) bond motifs is 1. The van der Waals surface area contributed by atoms with Gasteiger partial charge in [-0.05, 0) is 50.6 Å². The van der Waals surface area contributed by atoms with Gasteiger partial charge in [-0.3, -0.25) is 9.78 Å². The number of nitrogens with one attached hydrogen (secondary N) is 1. The van der Waals surface area contributed by atoms with Crippen LogP contribution in [-0.4, -0.2) is 71.9 Å². The molecule has 0 spiro atoms. The normalized spacial score (nSPS) is 23.5. The van der Waals surface area contributed by atoms with Crippen molar-refractivity contribution < 1.29 is 23.1 Å². The third kappa shape index (κ3) is 5.26. The zero-order chi connectivity index (χ0) is 24.5. The first-order valence-corrected chi connectivity index (χ1v) is 11.4. The summed E-state index contributed by atoms with van der Waals surface area (Å²) < 4.78 is 41.4. The molecule has 2 saturated heterocycles. The largest absolute Gasteiger partial charge is 0.393 e. The molecule has 4 rings (SSSR count). The van der Waals surface area contributed by atoms with Crippen LogP contribution in [0, 0.1) is 17.2 Å². The van der Waals surface area contributed by atoms with Crippen LogP contribution in [0.4, 0.5) is 18.9 Å². The number of benzene rings is 1.